The molecule has 6 nitrogen and oxygen atoms in total. The van der Waals surface area contributed by atoms with Gasteiger partial charge in [-0.3, -0.25) is 10.1 Å². The molecular formula is C14H11F3N2O4S. The number of anilines is 1. The van der Waals surface area contributed by atoms with Gasteiger partial charge >= 0.3 is 12.3 Å². The molecule has 2 rings (SSSR count). The zero-order valence-electron chi connectivity index (χ0n) is 12.2. The summed E-state index contributed by atoms with van der Waals surface area (Å²) in [5.41, 5.74) is 0.170. The van der Waals surface area contributed by atoms with Crippen molar-refractivity contribution in [3.63, 3.8) is 0 Å². The molecule has 0 radical (unpaired) electrons. The zero-order chi connectivity index (χ0) is 17.7. The molecule has 0 spiro atoms. The topological polar surface area (TPSA) is 77.5 Å². The quantitative estimate of drug-likeness (QED) is 0.826. The highest BCUT2D eigenvalue weighted by Crippen LogP contribution is 2.23. The highest BCUT2D eigenvalue weighted by molar-refractivity contribution is 7.14. The summed E-state index contributed by atoms with van der Waals surface area (Å²) in [5.74, 6) is -1.63. The number of rotatable bonds is 5. The van der Waals surface area contributed by atoms with Crippen LogP contribution in [-0.4, -0.2) is 29.8 Å². The Kier molecular flexibility index (Phi) is 5.39. The molecule has 128 valence electrons. The second-order valence-electron chi connectivity index (χ2n) is 4.28. The largest absolute Gasteiger partial charge is 0.573 e. The Morgan fingerprint density at radius 1 is 1.25 bits per heavy atom. The molecule has 1 aromatic carbocycles. The van der Waals surface area contributed by atoms with Crippen molar-refractivity contribution in [2.24, 2.45) is 0 Å². The van der Waals surface area contributed by atoms with Crippen molar-refractivity contribution in [1.29, 1.82) is 0 Å². The van der Waals surface area contributed by atoms with Crippen molar-refractivity contribution in [3.05, 3.63) is 40.9 Å². The van der Waals surface area contributed by atoms with Gasteiger partial charge in [-0.05, 0) is 31.2 Å². The molecule has 0 aliphatic heterocycles. The van der Waals surface area contributed by atoms with Crippen molar-refractivity contribution in [2.45, 2.75) is 13.3 Å². The van der Waals surface area contributed by atoms with Gasteiger partial charge in [0, 0.05) is 10.9 Å². The van der Waals surface area contributed by atoms with Gasteiger partial charge in [-0.25, -0.2) is 9.78 Å². The molecule has 0 aliphatic carbocycles. The van der Waals surface area contributed by atoms with Crippen LogP contribution < -0.4 is 10.1 Å². The Morgan fingerprint density at radius 2 is 1.92 bits per heavy atom. The third-order valence-electron chi connectivity index (χ3n) is 2.56. The van der Waals surface area contributed by atoms with E-state index in [0.717, 1.165) is 23.5 Å². The predicted octanol–water partition coefficient (Wildman–Crippen LogP) is 3.47. The van der Waals surface area contributed by atoms with E-state index in [1.54, 1.807) is 6.92 Å². The summed E-state index contributed by atoms with van der Waals surface area (Å²) < 4.78 is 44.7. The molecular weight excluding hydrogens is 349 g/mol. The molecule has 2 aromatic rings. The summed E-state index contributed by atoms with van der Waals surface area (Å²) in [6.07, 6.45) is -4.80. The van der Waals surface area contributed by atoms with E-state index in [2.05, 4.69) is 15.0 Å². The van der Waals surface area contributed by atoms with Gasteiger partial charge < -0.3 is 9.47 Å². The van der Waals surface area contributed by atoms with Crippen molar-refractivity contribution < 1.29 is 32.2 Å². The fraction of sp³-hybridized carbons (Fsp3) is 0.214. The Balaban J connectivity index is 2.01. The van der Waals surface area contributed by atoms with Crippen LogP contribution in [0.5, 0.6) is 5.75 Å². The summed E-state index contributed by atoms with van der Waals surface area (Å²) in [7, 11) is 0. The van der Waals surface area contributed by atoms with Crippen LogP contribution in [0.15, 0.2) is 29.6 Å². The Bertz CT molecular complexity index is 728. The number of esters is 1. The molecule has 0 bridgehead atoms. The van der Waals surface area contributed by atoms with E-state index in [9.17, 15) is 22.8 Å². The fourth-order valence-electron chi connectivity index (χ4n) is 1.61. The standard InChI is InChI=1S/C14H11F3N2O4S/c1-2-22-12(21)10-7-24-13(18-10)19-11(20)8-3-5-9(6-4-8)23-14(15,16)17/h3-7H,2H2,1H3,(H,18,19,20). The number of alkyl halides is 3. The number of thiazole rings is 1. The Hall–Kier alpha value is -2.62. The minimum atomic E-state index is -4.80. The maximum atomic E-state index is 12.1. The summed E-state index contributed by atoms with van der Waals surface area (Å²) in [4.78, 5) is 27.4. The van der Waals surface area contributed by atoms with E-state index in [-0.39, 0.29) is 23.0 Å². The number of halogens is 3. The van der Waals surface area contributed by atoms with Gasteiger partial charge in [0.1, 0.15) is 5.75 Å². The summed E-state index contributed by atoms with van der Waals surface area (Å²) >= 11 is 1.02. The highest BCUT2D eigenvalue weighted by atomic mass is 32.1. The van der Waals surface area contributed by atoms with Crippen LogP contribution in [0.1, 0.15) is 27.8 Å². The third kappa shape index (κ3) is 4.95. The monoisotopic (exact) mass is 360 g/mol. The molecule has 1 aromatic heterocycles. The number of hydrogen-bond donors (Lipinski definition) is 1. The molecule has 1 amide bonds. The first-order chi connectivity index (χ1) is 11.3. The van der Waals surface area contributed by atoms with Crippen molar-refractivity contribution >= 4 is 28.3 Å². The molecule has 10 heteroatoms. The maximum absolute atomic E-state index is 12.1. The number of carbonyl (C=O) groups excluding carboxylic acids is 2. The lowest BCUT2D eigenvalue weighted by Crippen LogP contribution is -2.17. The molecule has 0 saturated carbocycles. The lowest BCUT2D eigenvalue weighted by atomic mass is 10.2. The van der Waals surface area contributed by atoms with E-state index >= 15 is 0 Å². The zero-order valence-corrected chi connectivity index (χ0v) is 13.0. The molecule has 0 saturated heterocycles. The smallest absolute Gasteiger partial charge is 0.461 e. The van der Waals surface area contributed by atoms with Crippen molar-refractivity contribution in [3.8, 4) is 5.75 Å². The van der Waals surface area contributed by atoms with E-state index in [1.165, 1.54) is 17.5 Å². The molecule has 0 aliphatic rings. The molecule has 0 fully saturated rings. The van der Waals surface area contributed by atoms with Gasteiger partial charge in [0.2, 0.25) is 0 Å². The minimum Gasteiger partial charge on any atom is -0.461 e. The highest BCUT2D eigenvalue weighted by Gasteiger charge is 2.31. The molecule has 0 atom stereocenters. The number of nitrogens with one attached hydrogen (secondary N) is 1. The van der Waals surface area contributed by atoms with Gasteiger partial charge in [-0.1, -0.05) is 0 Å². The minimum absolute atomic E-state index is 0.0612. The molecule has 0 unspecified atom stereocenters. The molecule has 1 heterocycles. The molecule has 1 N–H and O–H groups in total. The van der Waals surface area contributed by atoms with Crippen LogP contribution in [-0.2, 0) is 4.74 Å². The number of hydrogen-bond acceptors (Lipinski definition) is 6. The Labute approximate surface area is 138 Å². The van der Waals surface area contributed by atoms with Crippen LogP contribution in [0.4, 0.5) is 18.3 Å². The number of carbonyl (C=O) groups is 2. The summed E-state index contributed by atoms with van der Waals surface area (Å²) in [5, 5.41) is 4.03. The first-order valence-electron chi connectivity index (χ1n) is 6.58. The van der Waals surface area contributed by atoms with E-state index in [0.29, 0.717) is 0 Å². The van der Waals surface area contributed by atoms with E-state index in [1.807, 2.05) is 0 Å². The number of nitrogens with zero attached hydrogens (tertiary/aromatic N) is 1. The average molecular weight is 360 g/mol. The second kappa shape index (κ2) is 7.30. The average Bonchev–Trinajstić information content (AvgIpc) is 2.95. The van der Waals surface area contributed by atoms with Gasteiger partial charge in [-0.2, -0.15) is 0 Å². The number of aromatic nitrogens is 1. The molecule has 24 heavy (non-hydrogen) atoms. The van der Waals surface area contributed by atoms with Crippen molar-refractivity contribution in [1.82, 2.24) is 4.98 Å². The van der Waals surface area contributed by atoms with Gasteiger partial charge in [-0.15, -0.1) is 24.5 Å². The maximum Gasteiger partial charge on any atom is 0.573 e. The second-order valence-corrected chi connectivity index (χ2v) is 5.14. The van der Waals surface area contributed by atoms with Crippen LogP contribution >= 0.6 is 11.3 Å². The van der Waals surface area contributed by atoms with Gasteiger partial charge in [0.25, 0.3) is 5.91 Å². The lowest BCUT2D eigenvalue weighted by molar-refractivity contribution is -0.274. The normalized spacial score (nSPS) is 11.0. The first-order valence-corrected chi connectivity index (χ1v) is 7.46. The van der Waals surface area contributed by atoms with Crippen LogP contribution in [0.3, 0.4) is 0 Å². The fourth-order valence-corrected chi connectivity index (χ4v) is 2.28. The lowest BCUT2D eigenvalue weighted by Gasteiger charge is -2.09. The van der Waals surface area contributed by atoms with Crippen LogP contribution in [0.2, 0.25) is 0 Å². The Morgan fingerprint density at radius 3 is 2.50 bits per heavy atom. The summed E-state index contributed by atoms with van der Waals surface area (Å²) in [6, 6.07) is 4.40. The number of amides is 1. The van der Waals surface area contributed by atoms with E-state index in [4.69, 9.17) is 4.74 Å². The van der Waals surface area contributed by atoms with E-state index < -0.39 is 24.0 Å². The first kappa shape index (κ1) is 17.7. The predicted molar refractivity (Wildman–Crippen MR) is 79.1 cm³/mol. The van der Waals surface area contributed by atoms with Crippen molar-refractivity contribution in [2.75, 3.05) is 11.9 Å². The summed E-state index contributed by atoms with van der Waals surface area (Å²) in [6.45, 7) is 1.85. The van der Waals surface area contributed by atoms with Crippen LogP contribution in [0.25, 0.3) is 0 Å². The number of ether oxygens (including phenoxy) is 2. The van der Waals surface area contributed by atoms with Crippen LogP contribution in [0, 0.1) is 0 Å². The number of benzene rings is 1. The third-order valence-corrected chi connectivity index (χ3v) is 3.32. The van der Waals surface area contributed by atoms with Gasteiger partial charge in [0.15, 0.2) is 10.8 Å². The SMILES string of the molecule is CCOC(=O)c1csc(NC(=O)c2ccc(OC(F)(F)F)cc2)n1. The van der Waals surface area contributed by atoms with Gasteiger partial charge in [0.05, 0.1) is 6.61 Å².